The molecule has 2 heterocycles. The van der Waals surface area contributed by atoms with Crippen molar-refractivity contribution in [3.8, 4) is 0 Å². The lowest BCUT2D eigenvalue weighted by atomic mass is 9.82. The molecule has 0 bridgehead atoms. The number of piperidine rings is 1. The van der Waals surface area contributed by atoms with Crippen molar-refractivity contribution in [2.75, 3.05) is 40.8 Å². The quantitative estimate of drug-likeness (QED) is 0.699. The number of likely N-dealkylation sites (tertiary alicyclic amines) is 1. The van der Waals surface area contributed by atoms with Crippen LogP contribution in [0.1, 0.15) is 24.1 Å². The molecule has 1 saturated heterocycles. The fraction of sp³-hybridized carbons (Fsp3) is 0.478. The molecule has 0 spiro atoms. The third-order valence-corrected chi connectivity index (χ3v) is 6.02. The number of halogens is 2. The Hall–Kier alpha value is -1.66. The molecule has 3 rings (SSSR count). The van der Waals surface area contributed by atoms with Gasteiger partial charge in [-0.1, -0.05) is 36.4 Å². The van der Waals surface area contributed by atoms with Crippen molar-refractivity contribution in [2.45, 2.75) is 24.8 Å². The van der Waals surface area contributed by atoms with Gasteiger partial charge in [-0.25, -0.2) is 0 Å². The summed E-state index contributed by atoms with van der Waals surface area (Å²) in [6.45, 7) is 2.23. The molecule has 1 fully saturated rings. The Morgan fingerprint density at radius 1 is 1.10 bits per heavy atom. The van der Waals surface area contributed by atoms with E-state index in [-0.39, 0.29) is 42.2 Å². The van der Waals surface area contributed by atoms with E-state index in [1.165, 1.54) is 5.56 Å². The predicted molar refractivity (Wildman–Crippen MR) is 127 cm³/mol. The zero-order valence-electron chi connectivity index (χ0n) is 18.1. The van der Waals surface area contributed by atoms with Gasteiger partial charge in [0, 0.05) is 25.8 Å². The molecule has 1 amide bonds. The minimum absolute atomic E-state index is 0. The predicted octanol–water partition coefficient (Wildman–Crippen LogP) is 3.38. The van der Waals surface area contributed by atoms with E-state index in [4.69, 9.17) is 0 Å². The third-order valence-electron chi connectivity index (χ3n) is 6.02. The van der Waals surface area contributed by atoms with E-state index in [0.29, 0.717) is 6.54 Å². The van der Waals surface area contributed by atoms with Gasteiger partial charge in [0.15, 0.2) is 0 Å². The number of carbonyl (C=O) groups excluding carboxylic acids is 1. The Labute approximate surface area is 193 Å². The van der Waals surface area contributed by atoms with Gasteiger partial charge in [0.1, 0.15) is 0 Å². The molecule has 7 heteroatoms. The van der Waals surface area contributed by atoms with Gasteiger partial charge in [-0.05, 0) is 58.1 Å². The SMILES string of the molecule is CNCC(Cc1ccccc1)C(=O)N1CCC(c2ccccn2)(N(C)C)CC1.Cl.Cl. The zero-order chi connectivity index (χ0) is 20.0. The number of rotatable bonds is 7. The molecule has 1 aliphatic rings. The molecule has 1 aromatic heterocycles. The Balaban J connectivity index is 0.00000225. The molecular weight excluding hydrogens is 419 g/mol. The summed E-state index contributed by atoms with van der Waals surface area (Å²) in [4.78, 5) is 22.2. The van der Waals surface area contributed by atoms with Crippen molar-refractivity contribution in [1.82, 2.24) is 20.1 Å². The number of amides is 1. The van der Waals surface area contributed by atoms with Gasteiger partial charge in [-0.3, -0.25) is 14.7 Å². The number of aromatic nitrogens is 1. The minimum Gasteiger partial charge on any atom is -0.342 e. The summed E-state index contributed by atoms with van der Waals surface area (Å²) in [5.41, 5.74) is 2.21. The van der Waals surface area contributed by atoms with E-state index < -0.39 is 0 Å². The number of benzene rings is 1. The fourth-order valence-corrected chi connectivity index (χ4v) is 4.32. The average Bonchev–Trinajstić information content (AvgIpc) is 2.74. The standard InChI is InChI=1S/C23H32N4O.2ClH/c1-24-18-20(17-19-9-5-4-6-10-19)22(28)27-15-12-23(13-16-27,26(2)3)21-11-7-8-14-25-21;;/h4-11,14,20,24H,12-13,15-18H2,1-3H3;2*1H. The average molecular weight is 453 g/mol. The second-order valence-electron chi connectivity index (χ2n) is 7.91. The van der Waals surface area contributed by atoms with E-state index in [1.807, 2.05) is 43.6 Å². The molecule has 5 nitrogen and oxygen atoms in total. The van der Waals surface area contributed by atoms with Gasteiger partial charge in [0.25, 0.3) is 0 Å². The van der Waals surface area contributed by atoms with Crippen molar-refractivity contribution >= 4 is 30.7 Å². The largest absolute Gasteiger partial charge is 0.342 e. The Kier molecular flexibility index (Phi) is 10.8. The van der Waals surface area contributed by atoms with Crippen molar-refractivity contribution in [3.05, 3.63) is 66.0 Å². The number of hydrogen-bond donors (Lipinski definition) is 1. The monoisotopic (exact) mass is 452 g/mol. The molecule has 1 atom stereocenters. The van der Waals surface area contributed by atoms with E-state index in [1.54, 1.807) is 0 Å². The van der Waals surface area contributed by atoms with Crippen LogP contribution in [-0.2, 0) is 16.8 Å². The lowest BCUT2D eigenvalue weighted by molar-refractivity contribution is -0.138. The van der Waals surface area contributed by atoms with Crippen LogP contribution in [0.5, 0.6) is 0 Å². The number of carbonyl (C=O) groups is 1. The highest BCUT2D eigenvalue weighted by atomic mass is 35.5. The molecule has 1 N–H and O–H groups in total. The molecule has 0 saturated carbocycles. The summed E-state index contributed by atoms with van der Waals surface area (Å²) in [5.74, 6) is 0.223. The molecule has 0 aliphatic carbocycles. The summed E-state index contributed by atoms with van der Waals surface area (Å²) in [7, 11) is 6.15. The molecule has 0 radical (unpaired) electrons. The number of nitrogens with zero attached hydrogens (tertiary/aromatic N) is 3. The van der Waals surface area contributed by atoms with Gasteiger partial charge in [-0.15, -0.1) is 24.8 Å². The molecular formula is C23H34Cl2N4O. The maximum Gasteiger partial charge on any atom is 0.227 e. The minimum atomic E-state index is -0.101. The van der Waals surface area contributed by atoms with Crippen LogP contribution in [-0.4, -0.2) is 61.5 Å². The van der Waals surface area contributed by atoms with Gasteiger partial charge >= 0.3 is 0 Å². The summed E-state index contributed by atoms with van der Waals surface area (Å²) in [5, 5.41) is 3.20. The molecule has 1 aromatic carbocycles. The third kappa shape index (κ3) is 5.94. The highest BCUT2D eigenvalue weighted by Gasteiger charge is 2.41. The lowest BCUT2D eigenvalue weighted by Gasteiger charge is -2.46. The van der Waals surface area contributed by atoms with E-state index >= 15 is 0 Å². The number of hydrogen-bond acceptors (Lipinski definition) is 4. The van der Waals surface area contributed by atoms with E-state index in [0.717, 1.165) is 38.0 Å². The van der Waals surface area contributed by atoms with Gasteiger partial charge in [0.2, 0.25) is 5.91 Å². The van der Waals surface area contributed by atoms with Gasteiger partial charge in [0.05, 0.1) is 17.2 Å². The van der Waals surface area contributed by atoms with Crippen LogP contribution in [0.25, 0.3) is 0 Å². The zero-order valence-corrected chi connectivity index (χ0v) is 19.7. The van der Waals surface area contributed by atoms with Crippen molar-refractivity contribution in [3.63, 3.8) is 0 Å². The van der Waals surface area contributed by atoms with Crippen LogP contribution in [0.15, 0.2) is 54.7 Å². The molecule has 1 unspecified atom stereocenters. The van der Waals surface area contributed by atoms with Crippen LogP contribution in [0.3, 0.4) is 0 Å². The highest BCUT2D eigenvalue weighted by molar-refractivity contribution is 5.85. The Morgan fingerprint density at radius 3 is 2.27 bits per heavy atom. The van der Waals surface area contributed by atoms with Crippen LogP contribution < -0.4 is 5.32 Å². The first-order valence-electron chi connectivity index (χ1n) is 10.1. The molecule has 1 aliphatic heterocycles. The van der Waals surface area contributed by atoms with E-state index in [2.05, 4.69) is 52.4 Å². The lowest BCUT2D eigenvalue weighted by Crippen LogP contribution is -2.53. The second kappa shape index (κ2) is 12.3. The first-order chi connectivity index (χ1) is 13.6. The van der Waals surface area contributed by atoms with Crippen molar-refractivity contribution < 1.29 is 4.79 Å². The summed E-state index contributed by atoms with van der Waals surface area (Å²) >= 11 is 0. The summed E-state index contributed by atoms with van der Waals surface area (Å²) < 4.78 is 0. The smallest absolute Gasteiger partial charge is 0.227 e. The van der Waals surface area contributed by atoms with Crippen molar-refractivity contribution in [2.24, 2.45) is 5.92 Å². The van der Waals surface area contributed by atoms with Gasteiger partial charge in [-0.2, -0.15) is 0 Å². The van der Waals surface area contributed by atoms with Crippen molar-refractivity contribution in [1.29, 1.82) is 0 Å². The Bertz CT molecular complexity index is 750. The maximum absolute atomic E-state index is 13.3. The maximum atomic E-state index is 13.3. The molecule has 2 aromatic rings. The van der Waals surface area contributed by atoms with Crippen LogP contribution in [0.4, 0.5) is 0 Å². The van der Waals surface area contributed by atoms with Crippen LogP contribution in [0.2, 0.25) is 0 Å². The second-order valence-corrected chi connectivity index (χ2v) is 7.91. The number of pyridine rings is 1. The summed E-state index contributed by atoms with van der Waals surface area (Å²) in [6.07, 6.45) is 4.44. The fourth-order valence-electron chi connectivity index (χ4n) is 4.32. The van der Waals surface area contributed by atoms with Gasteiger partial charge < -0.3 is 10.2 Å². The normalized spacial score (nSPS) is 16.3. The van der Waals surface area contributed by atoms with Crippen LogP contribution in [0, 0.1) is 5.92 Å². The first kappa shape index (κ1) is 26.4. The molecule has 166 valence electrons. The summed E-state index contributed by atoms with van der Waals surface area (Å²) in [6, 6.07) is 16.4. The van der Waals surface area contributed by atoms with E-state index in [9.17, 15) is 4.79 Å². The Morgan fingerprint density at radius 2 is 1.73 bits per heavy atom. The topological polar surface area (TPSA) is 48.5 Å². The molecule has 30 heavy (non-hydrogen) atoms. The van der Waals surface area contributed by atoms with Crippen LogP contribution >= 0.6 is 24.8 Å². The first-order valence-corrected chi connectivity index (χ1v) is 10.1. The number of nitrogens with one attached hydrogen (secondary N) is 1. The highest BCUT2D eigenvalue weighted by Crippen LogP contribution is 2.36.